The van der Waals surface area contributed by atoms with Gasteiger partial charge in [-0.2, -0.15) is 0 Å². The van der Waals surface area contributed by atoms with E-state index in [0.29, 0.717) is 25.2 Å². The molecule has 39 heavy (non-hydrogen) atoms. The fourth-order valence-electron chi connectivity index (χ4n) is 5.32. The molecule has 200 valence electrons. The van der Waals surface area contributed by atoms with Crippen LogP contribution in [0.1, 0.15) is 53.0 Å². The summed E-state index contributed by atoms with van der Waals surface area (Å²) in [6.45, 7) is 7.78. The highest BCUT2D eigenvalue weighted by molar-refractivity contribution is 5.82. The molecule has 0 saturated heterocycles. The Balaban J connectivity index is 1.56. The zero-order valence-electron chi connectivity index (χ0n) is 22.9. The number of hydrogen-bond acceptors (Lipinski definition) is 6. The van der Waals surface area contributed by atoms with Crippen molar-refractivity contribution in [1.29, 1.82) is 0 Å². The molecular formula is C31H34N6O2. The van der Waals surface area contributed by atoms with Gasteiger partial charge < -0.3 is 9.72 Å². The van der Waals surface area contributed by atoms with Gasteiger partial charge in [0.25, 0.3) is 5.56 Å². The summed E-state index contributed by atoms with van der Waals surface area (Å²) in [7, 11) is 1.68. The fraction of sp³-hybridized carbons (Fsp3) is 0.290. The Kier molecular flexibility index (Phi) is 7.84. The van der Waals surface area contributed by atoms with Crippen LogP contribution in [0.3, 0.4) is 0 Å². The number of pyridine rings is 1. The number of para-hydroxylation sites is 1. The maximum atomic E-state index is 13.3. The molecule has 0 aliphatic carbocycles. The van der Waals surface area contributed by atoms with Crippen molar-refractivity contribution in [2.24, 2.45) is 0 Å². The summed E-state index contributed by atoms with van der Waals surface area (Å²) in [6, 6.07) is 24.2. The molecule has 3 aromatic carbocycles. The SMILES string of the molecule is CC[C@@H](c1nnnn1Cc1ccccc1)N(Cc1ccccc1OC)Cc1cc2cc(C)cc(C)c2[nH]c1=O. The summed E-state index contributed by atoms with van der Waals surface area (Å²) in [5.41, 5.74) is 5.87. The Morgan fingerprint density at radius 2 is 1.72 bits per heavy atom. The van der Waals surface area contributed by atoms with E-state index in [1.54, 1.807) is 7.11 Å². The van der Waals surface area contributed by atoms with Crippen LogP contribution in [0.5, 0.6) is 5.75 Å². The number of aromatic amines is 1. The standard InChI is InChI=1S/C31H34N6O2/c1-5-27(30-33-34-35-37(30)18-23-11-7-6-8-12-23)36(19-24-13-9-10-14-28(24)39-4)20-26-17-25-16-21(2)15-22(3)29(25)32-31(26)38/h6-17,27H,5,18-20H2,1-4H3,(H,32,38)/t27-/m0/s1. The van der Waals surface area contributed by atoms with Gasteiger partial charge in [0.05, 0.1) is 25.2 Å². The first-order chi connectivity index (χ1) is 19.0. The molecule has 0 bridgehead atoms. The Labute approximate surface area is 228 Å². The van der Waals surface area contributed by atoms with Gasteiger partial charge in [0, 0.05) is 24.2 Å². The number of tetrazole rings is 1. The highest BCUT2D eigenvalue weighted by Gasteiger charge is 2.27. The molecule has 8 heteroatoms. The van der Waals surface area contributed by atoms with Crippen molar-refractivity contribution >= 4 is 10.9 Å². The average Bonchev–Trinajstić information content (AvgIpc) is 3.38. The molecule has 0 aliphatic heterocycles. The zero-order chi connectivity index (χ0) is 27.4. The van der Waals surface area contributed by atoms with E-state index in [0.717, 1.165) is 51.2 Å². The molecule has 0 fully saturated rings. The van der Waals surface area contributed by atoms with Crippen LogP contribution in [-0.2, 0) is 19.6 Å². The lowest BCUT2D eigenvalue weighted by atomic mass is 10.0. The van der Waals surface area contributed by atoms with Crippen LogP contribution in [0, 0.1) is 13.8 Å². The van der Waals surface area contributed by atoms with Crippen LogP contribution in [0.4, 0.5) is 0 Å². The van der Waals surface area contributed by atoms with E-state index in [1.165, 1.54) is 0 Å². The summed E-state index contributed by atoms with van der Waals surface area (Å²) in [5.74, 6) is 1.57. The molecule has 0 aliphatic rings. The summed E-state index contributed by atoms with van der Waals surface area (Å²) in [4.78, 5) is 18.7. The van der Waals surface area contributed by atoms with Gasteiger partial charge in [-0.15, -0.1) is 5.10 Å². The minimum absolute atomic E-state index is 0.0850. The number of benzene rings is 3. The molecule has 5 rings (SSSR count). The second-order valence-corrected chi connectivity index (χ2v) is 9.99. The lowest BCUT2D eigenvalue weighted by Crippen LogP contribution is -2.32. The largest absolute Gasteiger partial charge is 0.496 e. The predicted octanol–water partition coefficient (Wildman–Crippen LogP) is 5.34. The summed E-state index contributed by atoms with van der Waals surface area (Å²) >= 11 is 0. The van der Waals surface area contributed by atoms with Crippen molar-refractivity contribution in [2.45, 2.75) is 52.9 Å². The van der Waals surface area contributed by atoms with Crippen molar-refractivity contribution in [3.05, 3.63) is 117 Å². The van der Waals surface area contributed by atoms with Crippen LogP contribution in [-0.4, -0.2) is 37.2 Å². The number of aromatic nitrogens is 5. The molecule has 5 aromatic rings. The molecule has 1 N–H and O–H groups in total. The lowest BCUT2D eigenvalue weighted by Gasteiger charge is -2.30. The normalized spacial score (nSPS) is 12.2. The van der Waals surface area contributed by atoms with Gasteiger partial charge in [-0.3, -0.25) is 9.69 Å². The van der Waals surface area contributed by atoms with Crippen LogP contribution < -0.4 is 10.3 Å². The lowest BCUT2D eigenvalue weighted by molar-refractivity contribution is 0.159. The first-order valence-electron chi connectivity index (χ1n) is 13.3. The number of hydrogen-bond donors (Lipinski definition) is 1. The van der Waals surface area contributed by atoms with Crippen molar-refractivity contribution in [3.8, 4) is 5.75 Å². The molecular weight excluding hydrogens is 488 g/mol. The quantitative estimate of drug-likeness (QED) is 0.266. The fourth-order valence-corrected chi connectivity index (χ4v) is 5.32. The van der Waals surface area contributed by atoms with Crippen LogP contribution >= 0.6 is 0 Å². The van der Waals surface area contributed by atoms with Gasteiger partial charge in [0.1, 0.15) is 5.75 Å². The highest BCUT2D eigenvalue weighted by Crippen LogP contribution is 2.29. The number of aryl methyl sites for hydroxylation is 2. The smallest absolute Gasteiger partial charge is 0.252 e. The van der Waals surface area contributed by atoms with Crippen molar-refractivity contribution in [2.75, 3.05) is 7.11 Å². The van der Waals surface area contributed by atoms with Crippen LogP contribution in [0.15, 0.2) is 77.6 Å². The predicted molar refractivity (Wildman–Crippen MR) is 153 cm³/mol. The molecule has 0 unspecified atom stereocenters. The van der Waals surface area contributed by atoms with E-state index >= 15 is 0 Å². The Morgan fingerprint density at radius 1 is 0.974 bits per heavy atom. The molecule has 8 nitrogen and oxygen atoms in total. The number of methoxy groups -OCH3 is 1. The van der Waals surface area contributed by atoms with E-state index in [-0.39, 0.29) is 11.6 Å². The van der Waals surface area contributed by atoms with E-state index in [9.17, 15) is 4.79 Å². The molecule has 1 atom stereocenters. The molecule has 2 aromatic heterocycles. The Hall–Kier alpha value is -4.30. The number of nitrogens with one attached hydrogen (secondary N) is 1. The van der Waals surface area contributed by atoms with Gasteiger partial charge >= 0.3 is 0 Å². The third-order valence-corrected chi connectivity index (χ3v) is 7.17. The minimum atomic E-state index is -0.136. The summed E-state index contributed by atoms with van der Waals surface area (Å²) in [6.07, 6.45) is 0.758. The molecule has 2 heterocycles. The summed E-state index contributed by atoms with van der Waals surface area (Å²) in [5, 5.41) is 13.9. The van der Waals surface area contributed by atoms with Crippen molar-refractivity contribution < 1.29 is 4.74 Å². The average molecular weight is 523 g/mol. The third-order valence-electron chi connectivity index (χ3n) is 7.17. The molecule has 0 radical (unpaired) electrons. The number of rotatable bonds is 10. The third kappa shape index (κ3) is 5.76. The number of nitrogens with zero attached hydrogens (tertiary/aromatic N) is 5. The van der Waals surface area contributed by atoms with Crippen molar-refractivity contribution in [1.82, 2.24) is 30.1 Å². The molecule has 0 amide bonds. The second kappa shape index (κ2) is 11.6. The van der Waals surface area contributed by atoms with Crippen LogP contribution in [0.2, 0.25) is 0 Å². The van der Waals surface area contributed by atoms with Gasteiger partial charge in [-0.25, -0.2) is 4.68 Å². The highest BCUT2D eigenvalue weighted by atomic mass is 16.5. The first kappa shape index (κ1) is 26.3. The van der Waals surface area contributed by atoms with Crippen LogP contribution in [0.25, 0.3) is 10.9 Å². The first-order valence-corrected chi connectivity index (χ1v) is 13.3. The van der Waals surface area contributed by atoms with E-state index in [2.05, 4.69) is 69.6 Å². The maximum absolute atomic E-state index is 13.3. The number of ether oxygens (including phenoxy) is 1. The zero-order valence-corrected chi connectivity index (χ0v) is 22.9. The van der Waals surface area contributed by atoms with Crippen molar-refractivity contribution in [3.63, 3.8) is 0 Å². The van der Waals surface area contributed by atoms with Gasteiger partial charge in [0.2, 0.25) is 0 Å². The maximum Gasteiger partial charge on any atom is 0.252 e. The molecule has 0 spiro atoms. The summed E-state index contributed by atoms with van der Waals surface area (Å²) < 4.78 is 7.53. The minimum Gasteiger partial charge on any atom is -0.496 e. The Bertz CT molecular complexity index is 1630. The van der Waals surface area contributed by atoms with Gasteiger partial charge in [-0.1, -0.05) is 67.1 Å². The van der Waals surface area contributed by atoms with Gasteiger partial charge in [-0.05, 0) is 65.4 Å². The van der Waals surface area contributed by atoms with E-state index in [1.807, 2.05) is 54.1 Å². The topological polar surface area (TPSA) is 88.9 Å². The Morgan fingerprint density at radius 3 is 2.49 bits per heavy atom. The number of H-pyrrole nitrogens is 1. The number of fused-ring (bicyclic) bond motifs is 1. The van der Waals surface area contributed by atoms with E-state index < -0.39 is 0 Å². The second-order valence-electron chi connectivity index (χ2n) is 9.99. The van der Waals surface area contributed by atoms with E-state index in [4.69, 9.17) is 4.74 Å². The molecule has 0 saturated carbocycles. The van der Waals surface area contributed by atoms with Gasteiger partial charge in [0.15, 0.2) is 5.82 Å². The monoisotopic (exact) mass is 522 g/mol.